The maximum Gasteiger partial charge on any atom is 0.119 e. The number of ether oxygens (including phenoxy) is 1. The van der Waals surface area contributed by atoms with Gasteiger partial charge in [0.25, 0.3) is 0 Å². The van der Waals surface area contributed by atoms with Crippen LogP contribution in [0.3, 0.4) is 0 Å². The number of rotatable bonds is 9. The normalized spacial score (nSPS) is 12.7. The standard InChI is InChI=1S/C16H28N2O/c1-4-7-11-19-15-10-8-9-14(12-15)16(13-17)18(5-2)6-3/h8-10,12,16H,4-7,11,13,17H2,1-3H3. The number of unbranched alkanes of at least 4 members (excludes halogenated alkanes) is 1. The molecule has 1 unspecified atom stereocenters. The number of likely N-dealkylation sites (N-methyl/N-ethyl adjacent to an activating group) is 1. The minimum absolute atomic E-state index is 0.282. The predicted octanol–water partition coefficient (Wildman–Crippen LogP) is 3.21. The summed E-state index contributed by atoms with van der Waals surface area (Å²) in [6, 6.07) is 8.64. The van der Waals surface area contributed by atoms with Crippen molar-refractivity contribution in [2.45, 2.75) is 39.7 Å². The van der Waals surface area contributed by atoms with Gasteiger partial charge in [-0.2, -0.15) is 0 Å². The van der Waals surface area contributed by atoms with E-state index in [9.17, 15) is 0 Å². The fourth-order valence-corrected chi connectivity index (χ4v) is 2.31. The molecule has 0 heterocycles. The van der Waals surface area contributed by atoms with Gasteiger partial charge in [-0.15, -0.1) is 0 Å². The molecule has 2 N–H and O–H groups in total. The Balaban J connectivity index is 2.77. The van der Waals surface area contributed by atoms with Crippen LogP contribution in [0, 0.1) is 0 Å². The van der Waals surface area contributed by atoms with E-state index in [0.29, 0.717) is 6.54 Å². The van der Waals surface area contributed by atoms with Crippen molar-refractivity contribution >= 4 is 0 Å². The summed E-state index contributed by atoms with van der Waals surface area (Å²) < 4.78 is 5.77. The molecule has 0 bridgehead atoms. The van der Waals surface area contributed by atoms with E-state index in [-0.39, 0.29) is 6.04 Å². The minimum atomic E-state index is 0.282. The Bertz CT molecular complexity index is 350. The molecule has 0 aliphatic rings. The summed E-state index contributed by atoms with van der Waals surface area (Å²) in [5, 5.41) is 0. The minimum Gasteiger partial charge on any atom is -0.494 e. The number of hydrogen-bond acceptors (Lipinski definition) is 3. The monoisotopic (exact) mass is 264 g/mol. The van der Waals surface area contributed by atoms with Crippen LogP contribution in [0.4, 0.5) is 0 Å². The lowest BCUT2D eigenvalue weighted by Gasteiger charge is -2.29. The van der Waals surface area contributed by atoms with E-state index in [1.807, 2.05) is 6.07 Å². The Morgan fingerprint density at radius 3 is 2.53 bits per heavy atom. The number of hydrogen-bond donors (Lipinski definition) is 1. The van der Waals surface area contributed by atoms with Gasteiger partial charge in [0.2, 0.25) is 0 Å². The highest BCUT2D eigenvalue weighted by atomic mass is 16.5. The van der Waals surface area contributed by atoms with Gasteiger partial charge in [0.05, 0.1) is 6.61 Å². The van der Waals surface area contributed by atoms with Crippen LogP contribution in [0.5, 0.6) is 5.75 Å². The first-order chi connectivity index (χ1) is 9.26. The predicted molar refractivity (Wildman–Crippen MR) is 81.6 cm³/mol. The molecule has 0 aliphatic heterocycles. The van der Waals surface area contributed by atoms with Gasteiger partial charge < -0.3 is 10.5 Å². The van der Waals surface area contributed by atoms with Crippen LogP contribution in [-0.4, -0.2) is 31.1 Å². The first-order valence-corrected chi connectivity index (χ1v) is 7.43. The molecular weight excluding hydrogens is 236 g/mol. The first-order valence-electron chi connectivity index (χ1n) is 7.43. The molecule has 0 aliphatic carbocycles. The fourth-order valence-electron chi connectivity index (χ4n) is 2.31. The van der Waals surface area contributed by atoms with Crippen LogP contribution in [0.1, 0.15) is 45.2 Å². The highest BCUT2D eigenvalue weighted by molar-refractivity contribution is 5.31. The molecule has 0 spiro atoms. The fraction of sp³-hybridized carbons (Fsp3) is 0.625. The lowest BCUT2D eigenvalue weighted by Crippen LogP contribution is -2.33. The maximum absolute atomic E-state index is 5.95. The molecule has 0 saturated heterocycles. The summed E-state index contributed by atoms with van der Waals surface area (Å²) in [6.45, 7) is 9.98. The largest absolute Gasteiger partial charge is 0.494 e. The summed E-state index contributed by atoms with van der Waals surface area (Å²) in [6.07, 6.45) is 2.26. The average molecular weight is 264 g/mol. The van der Waals surface area contributed by atoms with E-state index in [1.54, 1.807) is 0 Å². The van der Waals surface area contributed by atoms with E-state index >= 15 is 0 Å². The molecule has 1 atom stereocenters. The van der Waals surface area contributed by atoms with E-state index in [4.69, 9.17) is 10.5 Å². The molecule has 0 saturated carbocycles. The second-order valence-electron chi connectivity index (χ2n) is 4.75. The van der Waals surface area contributed by atoms with Crippen molar-refractivity contribution in [2.24, 2.45) is 5.73 Å². The smallest absolute Gasteiger partial charge is 0.119 e. The summed E-state index contributed by atoms with van der Waals surface area (Å²) in [5.41, 5.74) is 7.20. The lowest BCUT2D eigenvalue weighted by atomic mass is 10.0. The van der Waals surface area contributed by atoms with E-state index in [2.05, 4.69) is 43.9 Å². The van der Waals surface area contributed by atoms with Gasteiger partial charge in [0, 0.05) is 12.6 Å². The molecule has 3 nitrogen and oxygen atoms in total. The second kappa shape index (κ2) is 8.94. The van der Waals surface area contributed by atoms with Crippen molar-refractivity contribution < 1.29 is 4.74 Å². The van der Waals surface area contributed by atoms with Gasteiger partial charge in [0.1, 0.15) is 5.75 Å². The van der Waals surface area contributed by atoms with Crippen LogP contribution in [0.25, 0.3) is 0 Å². The topological polar surface area (TPSA) is 38.5 Å². The molecule has 0 aromatic heterocycles. The van der Waals surface area contributed by atoms with Crippen molar-refractivity contribution in [3.63, 3.8) is 0 Å². The Hall–Kier alpha value is -1.06. The maximum atomic E-state index is 5.95. The third-order valence-corrected chi connectivity index (χ3v) is 3.49. The van der Waals surface area contributed by atoms with Crippen molar-refractivity contribution in [2.75, 3.05) is 26.2 Å². The average Bonchev–Trinajstić information content (AvgIpc) is 2.45. The molecule has 108 valence electrons. The Morgan fingerprint density at radius 2 is 1.95 bits per heavy atom. The summed E-state index contributed by atoms with van der Waals surface area (Å²) in [5.74, 6) is 0.955. The van der Waals surface area contributed by atoms with Gasteiger partial charge in [-0.1, -0.05) is 39.3 Å². The molecule has 0 fully saturated rings. The zero-order valence-electron chi connectivity index (χ0n) is 12.6. The van der Waals surface area contributed by atoms with Crippen molar-refractivity contribution in [1.29, 1.82) is 0 Å². The Morgan fingerprint density at radius 1 is 1.21 bits per heavy atom. The van der Waals surface area contributed by atoms with Crippen molar-refractivity contribution in [3.8, 4) is 5.75 Å². The molecule has 0 radical (unpaired) electrons. The van der Waals surface area contributed by atoms with Gasteiger partial charge in [-0.25, -0.2) is 0 Å². The highest BCUT2D eigenvalue weighted by Crippen LogP contribution is 2.23. The highest BCUT2D eigenvalue weighted by Gasteiger charge is 2.16. The molecule has 1 aromatic rings. The van der Waals surface area contributed by atoms with Crippen LogP contribution >= 0.6 is 0 Å². The zero-order valence-corrected chi connectivity index (χ0v) is 12.6. The molecule has 3 heteroatoms. The third kappa shape index (κ3) is 4.84. The molecular formula is C16H28N2O. The zero-order chi connectivity index (χ0) is 14.1. The van der Waals surface area contributed by atoms with Crippen molar-refractivity contribution in [1.82, 2.24) is 4.90 Å². The molecule has 0 amide bonds. The van der Waals surface area contributed by atoms with Gasteiger partial charge in [0.15, 0.2) is 0 Å². The van der Waals surface area contributed by atoms with Crippen LogP contribution in [0.15, 0.2) is 24.3 Å². The quantitative estimate of drug-likeness (QED) is 0.696. The molecule has 1 aromatic carbocycles. The number of nitrogens with two attached hydrogens (primary N) is 1. The summed E-state index contributed by atoms with van der Waals surface area (Å²) in [4.78, 5) is 2.38. The number of nitrogens with zero attached hydrogens (tertiary/aromatic N) is 1. The second-order valence-corrected chi connectivity index (χ2v) is 4.75. The van der Waals surface area contributed by atoms with E-state index < -0.39 is 0 Å². The van der Waals surface area contributed by atoms with Crippen LogP contribution < -0.4 is 10.5 Å². The third-order valence-electron chi connectivity index (χ3n) is 3.49. The number of benzene rings is 1. The van der Waals surface area contributed by atoms with Gasteiger partial charge in [-0.3, -0.25) is 4.90 Å². The van der Waals surface area contributed by atoms with Gasteiger partial charge >= 0.3 is 0 Å². The molecule has 1 rings (SSSR count). The first kappa shape index (κ1) is 16.0. The summed E-state index contributed by atoms with van der Waals surface area (Å²) in [7, 11) is 0. The van der Waals surface area contributed by atoms with Gasteiger partial charge in [-0.05, 0) is 37.2 Å². The lowest BCUT2D eigenvalue weighted by molar-refractivity contribution is 0.223. The Labute approximate surface area is 117 Å². The van der Waals surface area contributed by atoms with Crippen LogP contribution in [0.2, 0.25) is 0 Å². The van der Waals surface area contributed by atoms with E-state index in [1.165, 1.54) is 5.56 Å². The summed E-state index contributed by atoms with van der Waals surface area (Å²) >= 11 is 0. The Kier molecular flexibility index (Phi) is 7.53. The van der Waals surface area contributed by atoms with E-state index in [0.717, 1.165) is 38.3 Å². The van der Waals surface area contributed by atoms with Crippen LogP contribution in [-0.2, 0) is 0 Å². The van der Waals surface area contributed by atoms with Crippen molar-refractivity contribution in [3.05, 3.63) is 29.8 Å². The SMILES string of the molecule is CCCCOc1cccc(C(CN)N(CC)CC)c1. The molecule has 19 heavy (non-hydrogen) atoms.